The fourth-order valence-corrected chi connectivity index (χ4v) is 6.67. The highest BCUT2D eigenvalue weighted by molar-refractivity contribution is 6.32. The number of hydrogen-bond donors (Lipinski definition) is 2. The zero-order valence-corrected chi connectivity index (χ0v) is 28.2. The van der Waals surface area contributed by atoms with Crippen LogP contribution in [0.25, 0.3) is 11.4 Å². The second-order valence-corrected chi connectivity index (χ2v) is 12.7. The van der Waals surface area contributed by atoms with E-state index < -0.39 is 0 Å². The van der Waals surface area contributed by atoms with Crippen LogP contribution in [0, 0.1) is 0 Å². The molecule has 0 atom stereocenters. The Labute approximate surface area is 297 Å². The van der Waals surface area contributed by atoms with Gasteiger partial charge in [0.05, 0.1) is 49.0 Å². The summed E-state index contributed by atoms with van der Waals surface area (Å²) in [6.45, 7) is 1.67. The third-order valence-corrected chi connectivity index (χ3v) is 9.04. The molecule has 0 saturated heterocycles. The molecule has 4 heterocycles. The molecule has 6 aromatic rings. The van der Waals surface area contributed by atoms with Gasteiger partial charge in [-0.2, -0.15) is 0 Å². The van der Waals surface area contributed by atoms with Crippen molar-refractivity contribution in [1.29, 1.82) is 0 Å². The SMILES string of the molecule is O=C(CNCc1nnc2n1-c1ccc(Cl)cc1C(c1ccccc1)=NC2)CNCc1nnc2n1-c1ccc(Cl)cc1C(c1ccccc1)=NC2. The Hall–Kier alpha value is -5.33. The number of benzene rings is 4. The number of fused-ring (bicyclic) bond motifs is 6. The van der Waals surface area contributed by atoms with E-state index in [2.05, 4.69) is 31.0 Å². The number of aliphatic imine (C=N–C) groups is 2. The molecule has 11 nitrogen and oxygen atoms in total. The molecule has 0 saturated carbocycles. The molecule has 0 fully saturated rings. The lowest BCUT2D eigenvalue weighted by atomic mass is 10.0. The van der Waals surface area contributed by atoms with Gasteiger partial charge in [0.25, 0.3) is 0 Å². The standard InChI is InChI=1S/C37H30Cl2N10O/c38-25-11-13-30-28(15-25)36(23-7-3-1-4-8-23)42-21-34-46-44-32(48(30)34)19-40-17-27(50)18-41-20-33-45-47-35-22-43-37(24-9-5-2-6-10-24)29-16-26(39)12-14-31(29)49(33)35/h1-16,40-41H,17-22H2. The molecule has 2 aliphatic rings. The molecule has 0 amide bonds. The number of nitrogens with one attached hydrogen (secondary N) is 2. The maximum Gasteiger partial charge on any atom is 0.160 e. The van der Waals surface area contributed by atoms with Crippen LogP contribution in [0.5, 0.6) is 0 Å². The first-order valence-corrected chi connectivity index (χ1v) is 16.9. The molecule has 0 bridgehead atoms. The molecule has 2 N–H and O–H groups in total. The molecule has 0 unspecified atom stereocenters. The number of ketones is 1. The monoisotopic (exact) mass is 700 g/mol. The summed E-state index contributed by atoms with van der Waals surface area (Å²) in [6.07, 6.45) is 0. The summed E-state index contributed by atoms with van der Waals surface area (Å²) in [5.41, 5.74) is 7.23. The number of nitrogens with zero attached hydrogens (tertiary/aromatic N) is 8. The van der Waals surface area contributed by atoms with Crippen LogP contribution in [0.2, 0.25) is 10.0 Å². The molecule has 0 aliphatic carbocycles. The van der Waals surface area contributed by atoms with E-state index in [4.69, 9.17) is 33.2 Å². The molecule has 2 aliphatic heterocycles. The highest BCUT2D eigenvalue weighted by Crippen LogP contribution is 2.30. The van der Waals surface area contributed by atoms with Crippen molar-refractivity contribution < 1.29 is 4.79 Å². The Morgan fingerprint density at radius 3 is 1.48 bits per heavy atom. The van der Waals surface area contributed by atoms with Gasteiger partial charge in [0.2, 0.25) is 0 Å². The minimum absolute atomic E-state index is 0.0139. The second kappa shape index (κ2) is 13.9. The van der Waals surface area contributed by atoms with Gasteiger partial charge in [0, 0.05) is 32.3 Å². The largest absolute Gasteiger partial charge is 0.303 e. The predicted molar refractivity (Wildman–Crippen MR) is 193 cm³/mol. The number of carbonyl (C=O) groups excluding carboxylic acids is 1. The zero-order valence-electron chi connectivity index (χ0n) is 26.7. The Kier molecular flexibility index (Phi) is 8.86. The summed E-state index contributed by atoms with van der Waals surface area (Å²) in [7, 11) is 0. The number of Topliss-reactive ketones (excluding diaryl/α,β-unsaturated/α-hetero) is 1. The summed E-state index contributed by atoms with van der Waals surface area (Å²) in [4.78, 5) is 22.8. The van der Waals surface area contributed by atoms with Crippen LogP contribution in [0.15, 0.2) is 107 Å². The molecule has 248 valence electrons. The van der Waals surface area contributed by atoms with Crippen LogP contribution in [0.3, 0.4) is 0 Å². The van der Waals surface area contributed by atoms with E-state index in [1.807, 2.05) is 106 Å². The quantitative estimate of drug-likeness (QED) is 0.198. The molecule has 50 heavy (non-hydrogen) atoms. The third-order valence-electron chi connectivity index (χ3n) is 8.57. The number of rotatable bonds is 10. The van der Waals surface area contributed by atoms with Crippen molar-refractivity contribution in [2.24, 2.45) is 9.98 Å². The summed E-state index contributed by atoms with van der Waals surface area (Å²) in [5, 5.41) is 25.5. The van der Waals surface area contributed by atoms with E-state index in [9.17, 15) is 4.79 Å². The maximum absolute atomic E-state index is 13.0. The average molecular weight is 702 g/mol. The molecular formula is C37H30Cl2N10O. The Morgan fingerprint density at radius 1 is 0.600 bits per heavy atom. The van der Waals surface area contributed by atoms with Crippen molar-refractivity contribution in [3.05, 3.63) is 153 Å². The van der Waals surface area contributed by atoms with Crippen molar-refractivity contribution in [3.63, 3.8) is 0 Å². The molecule has 0 radical (unpaired) electrons. The maximum atomic E-state index is 13.0. The minimum Gasteiger partial charge on any atom is -0.303 e. The number of halogens is 2. The summed E-state index contributed by atoms with van der Waals surface area (Å²) in [5.74, 6) is 2.76. The van der Waals surface area contributed by atoms with Crippen LogP contribution in [0.1, 0.15) is 45.6 Å². The Balaban J connectivity index is 0.927. The van der Waals surface area contributed by atoms with Gasteiger partial charge >= 0.3 is 0 Å². The molecule has 0 spiro atoms. The van der Waals surface area contributed by atoms with Crippen LogP contribution >= 0.6 is 23.2 Å². The van der Waals surface area contributed by atoms with Crippen molar-refractivity contribution in [1.82, 2.24) is 40.2 Å². The fraction of sp³-hybridized carbons (Fsp3) is 0.162. The van der Waals surface area contributed by atoms with Crippen LogP contribution < -0.4 is 10.6 Å². The van der Waals surface area contributed by atoms with E-state index in [0.29, 0.717) is 59.5 Å². The van der Waals surface area contributed by atoms with Gasteiger partial charge in [-0.1, -0.05) is 83.9 Å². The lowest BCUT2D eigenvalue weighted by Gasteiger charge is -2.14. The van der Waals surface area contributed by atoms with Gasteiger partial charge < -0.3 is 10.6 Å². The van der Waals surface area contributed by atoms with Gasteiger partial charge in [0.1, 0.15) is 13.1 Å². The summed E-state index contributed by atoms with van der Waals surface area (Å²) < 4.78 is 3.99. The minimum atomic E-state index is -0.0139. The first-order valence-electron chi connectivity index (χ1n) is 16.1. The smallest absolute Gasteiger partial charge is 0.160 e. The van der Waals surface area contributed by atoms with E-state index >= 15 is 0 Å². The predicted octanol–water partition coefficient (Wildman–Crippen LogP) is 5.31. The fourth-order valence-electron chi connectivity index (χ4n) is 6.33. The molecule has 2 aromatic heterocycles. The van der Waals surface area contributed by atoms with Gasteiger partial charge in [-0.15, -0.1) is 20.4 Å². The van der Waals surface area contributed by atoms with Gasteiger partial charge in [0.15, 0.2) is 29.1 Å². The van der Waals surface area contributed by atoms with Crippen LogP contribution in [0.4, 0.5) is 0 Å². The third kappa shape index (κ3) is 6.27. The van der Waals surface area contributed by atoms with Gasteiger partial charge in [-0.05, 0) is 36.4 Å². The average Bonchev–Trinajstić information content (AvgIpc) is 3.63. The van der Waals surface area contributed by atoms with Crippen molar-refractivity contribution in [2.45, 2.75) is 26.2 Å². The molecule has 4 aromatic carbocycles. The summed E-state index contributed by atoms with van der Waals surface area (Å²) in [6, 6.07) is 31.5. The zero-order chi connectivity index (χ0) is 34.0. The van der Waals surface area contributed by atoms with Crippen LogP contribution in [-0.4, -0.2) is 59.8 Å². The van der Waals surface area contributed by atoms with Gasteiger partial charge in [-0.25, -0.2) is 0 Å². The van der Waals surface area contributed by atoms with Crippen molar-refractivity contribution >= 4 is 40.4 Å². The van der Waals surface area contributed by atoms with E-state index in [1.165, 1.54) is 0 Å². The van der Waals surface area contributed by atoms with Crippen LogP contribution in [-0.2, 0) is 31.0 Å². The van der Waals surface area contributed by atoms with E-state index in [-0.39, 0.29) is 18.9 Å². The van der Waals surface area contributed by atoms with Crippen molar-refractivity contribution in [2.75, 3.05) is 13.1 Å². The van der Waals surface area contributed by atoms with E-state index in [1.54, 1.807) is 0 Å². The molecule has 8 rings (SSSR count). The number of hydrogen-bond acceptors (Lipinski definition) is 9. The lowest BCUT2D eigenvalue weighted by Crippen LogP contribution is -2.32. The highest BCUT2D eigenvalue weighted by Gasteiger charge is 2.25. The first-order chi connectivity index (χ1) is 24.5. The summed E-state index contributed by atoms with van der Waals surface area (Å²) >= 11 is 12.9. The Bertz CT molecular complexity index is 2120. The molecule has 13 heteroatoms. The van der Waals surface area contributed by atoms with E-state index in [0.717, 1.165) is 45.1 Å². The second-order valence-electron chi connectivity index (χ2n) is 11.9. The lowest BCUT2D eigenvalue weighted by molar-refractivity contribution is -0.117. The molecular weight excluding hydrogens is 671 g/mol. The highest BCUT2D eigenvalue weighted by atomic mass is 35.5. The van der Waals surface area contributed by atoms with Crippen molar-refractivity contribution in [3.8, 4) is 11.4 Å². The Morgan fingerprint density at radius 2 is 1.04 bits per heavy atom. The van der Waals surface area contributed by atoms with Gasteiger partial charge in [-0.3, -0.25) is 23.9 Å². The normalized spacial score (nSPS) is 13.2. The number of aromatic nitrogens is 6. The first kappa shape index (κ1) is 31.9. The number of carbonyl (C=O) groups is 1. The topological polar surface area (TPSA) is 127 Å².